The van der Waals surface area contributed by atoms with Gasteiger partial charge in [0.2, 0.25) is 23.6 Å². The minimum atomic E-state index is -1.40. The molecule has 1 aromatic rings. The van der Waals surface area contributed by atoms with Crippen molar-refractivity contribution in [3.63, 3.8) is 0 Å². The number of benzene rings is 1. The summed E-state index contributed by atoms with van der Waals surface area (Å²) >= 11 is 3.41. The van der Waals surface area contributed by atoms with Crippen LogP contribution in [0.3, 0.4) is 0 Å². The number of halogens is 1. The molecule has 4 rings (SSSR count). The lowest BCUT2D eigenvalue weighted by molar-refractivity contribution is -0.145. The quantitative estimate of drug-likeness (QED) is 0.589. The van der Waals surface area contributed by atoms with Crippen LogP contribution in [0, 0.1) is 11.8 Å². The Balaban J connectivity index is 1.90. The van der Waals surface area contributed by atoms with E-state index in [1.807, 2.05) is 6.92 Å². The molecule has 9 heteroatoms. The Bertz CT molecular complexity index is 919. The molecule has 2 saturated heterocycles. The number of carbonyl (C=O) groups excluding carboxylic acids is 4. The largest absolute Gasteiger partial charge is 0.370 e. The summed E-state index contributed by atoms with van der Waals surface area (Å²) in [5.41, 5.74) is 5.18. The van der Waals surface area contributed by atoms with E-state index >= 15 is 0 Å². The van der Waals surface area contributed by atoms with Gasteiger partial charge in [0.25, 0.3) is 0 Å². The van der Waals surface area contributed by atoms with Gasteiger partial charge in [0, 0.05) is 34.2 Å². The van der Waals surface area contributed by atoms with Crippen LogP contribution in [0.15, 0.2) is 22.7 Å². The molecule has 3 aliphatic rings. The molecule has 1 aromatic carbocycles. The Hall–Kier alpha value is -2.26. The summed E-state index contributed by atoms with van der Waals surface area (Å²) in [5, 5.41) is 5.99. The predicted octanol–water partition coefficient (Wildman–Crippen LogP) is 0.843. The van der Waals surface area contributed by atoms with Crippen LogP contribution >= 0.6 is 15.9 Å². The third-order valence-electron chi connectivity index (χ3n) is 6.16. The molecule has 8 nitrogen and oxygen atoms in total. The topological polar surface area (TPSA) is 122 Å². The van der Waals surface area contributed by atoms with Gasteiger partial charge in [-0.1, -0.05) is 22.9 Å². The van der Waals surface area contributed by atoms with E-state index in [0.717, 1.165) is 4.47 Å². The maximum atomic E-state index is 13.4. The molecule has 3 heterocycles. The smallest absolute Gasteiger partial charge is 0.250 e. The molecule has 0 bridgehead atoms. The lowest BCUT2D eigenvalue weighted by Crippen LogP contribution is -2.54. The number of imide groups is 1. The maximum absolute atomic E-state index is 13.4. The minimum Gasteiger partial charge on any atom is -0.370 e. The predicted molar refractivity (Wildman–Crippen MR) is 104 cm³/mol. The number of primary amides is 1. The average molecular weight is 449 g/mol. The van der Waals surface area contributed by atoms with E-state index in [2.05, 4.69) is 26.6 Å². The van der Waals surface area contributed by atoms with E-state index in [1.165, 1.54) is 4.90 Å². The fraction of sp³-hybridized carbons (Fsp3) is 0.474. The summed E-state index contributed by atoms with van der Waals surface area (Å²) in [6, 6.07) is 4.33. The zero-order chi connectivity index (χ0) is 20.4. The molecular weight excluding hydrogens is 428 g/mol. The molecule has 2 fully saturated rings. The fourth-order valence-electron chi connectivity index (χ4n) is 4.80. The highest BCUT2D eigenvalue weighted by Gasteiger charge is 2.70. The first-order valence-electron chi connectivity index (χ1n) is 9.26. The number of nitrogens with zero attached hydrogens (tertiary/aromatic N) is 1. The summed E-state index contributed by atoms with van der Waals surface area (Å²) in [6.07, 6.45) is 0.471. The number of likely N-dealkylation sites (tertiary alicyclic amines) is 1. The van der Waals surface area contributed by atoms with Gasteiger partial charge >= 0.3 is 0 Å². The normalized spacial score (nSPS) is 31.9. The number of nitrogens with one attached hydrogen (secondary N) is 2. The van der Waals surface area contributed by atoms with Crippen molar-refractivity contribution in [1.29, 1.82) is 0 Å². The van der Waals surface area contributed by atoms with E-state index in [9.17, 15) is 19.2 Å². The number of anilines is 1. The monoisotopic (exact) mass is 448 g/mol. The van der Waals surface area contributed by atoms with E-state index in [1.54, 1.807) is 25.1 Å². The number of rotatable bonds is 4. The van der Waals surface area contributed by atoms with Gasteiger partial charge in [-0.15, -0.1) is 0 Å². The molecule has 28 heavy (non-hydrogen) atoms. The Morgan fingerprint density at radius 2 is 2.04 bits per heavy atom. The third-order valence-corrected chi connectivity index (χ3v) is 6.66. The second-order valence-electron chi connectivity index (χ2n) is 7.68. The van der Waals surface area contributed by atoms with Gasteiger partial charge in [-0.2, -0.15) is 0 Å². The highest BCUT2D eigenvalue weighted by molar-refractivity contribution is 9.10. The SMILES string of the molecule is CC[C@@H](C)N1C(=O)[C@@H]2[C@H](CC(N)=O)N[C@@]3(C(=O)Nc4ccc(Br)cc43)[C@@H]2C1=O. The van der Waals surface area contributed by atoms with E-state index in [0.29, 0.717) is 17.7 Å². The van der Waals surface area contributed by atoms with Crippen molar-refractivity contribution in [2.24, 2.45) is 17.6 Å². The molecule has 4 N–H and O–H groups in total. The molecule has 0 aromatic heterocycles. The molecule has 0 aliphatic carbocycles. The van der Waals surface area contributed by atoms with Gasteiger partial charge < -0.3 is 11.1 Å². The molecule has 1 spiro atoms. The van der Waals surface area contributed by atoms with E-state index in [4.69, 9.17) is 5.73 Å². The molecule has 148 valence electrons. The summed E-state index contributed by atoms with van der Waals surface area (Å²) < 4.78 is 0.745. The molecular formula is C19H21BrN4O4. The Kier molecular flexibility index (Phi) is 4.35. The van der Waals surface area contributed by atoms with E-state index < -0.39 is 35.2 Å². The van der Waals surface area contributed by atoms with Gasteiger partial charge in [-0.05, 0) is 31.5 Å². The Labute approximate surface area is 170 Å². The van der Waals surface area contributed by atoms with Crippen LogP contribution in [0.5, 0.6) is 0 Å². The summed E-state index contributed by atoms with van der Waals surface area (Å²) in [5.74, 6) is -3.46. The fourth-order valence-corrected chi connectivity index (χ4v) is 5.17. The highest BCUT2D eigenvalue weighted by atomic mass is 79.9. The van der Waals surface area contributed by atoms with Crippen molar-refractivity contribution in [2.75, 3.05) is 5.32 Å². The van der Waals surface area contributed by atoms with Crippen molar-refractivity contribution in [1.82, 2.24) is 10.2 Å². The molecule has 3 aliphatic heterocycles. The molecule has 0 unspecified atom stereocenters. The van der Waals surface area contributed by atoms with Crippen molar-refractivity contribution >= 4 is 45.2 Å². The minimum absolute atomic E-state index is 0.132. The van der Waals surface area contributed by atoms with Crippen molar-refractivity contribution < 1.29 is 19.2 Å². The lowest BCUT2D eigenvalue weighted by atomic mass is 9.76. The standard InChI is InChI=1S/C19H21BrN4O4/c1-3-8(2)24-16(26)14-12(7-13(21)25)23-19(15(14)17(24)27)10-6-9(20)4-5-11(10)22-18(19)28/h4-6,8,12,14-15,23H,3,7H2,1-2H3,(H2,21,25)(H,22,28)/t8-,12+,14-,15+,19-/m1/s1. The number of carbonyl (C=O) groups is 4. The van der Waals surface area contributed by atoms with E-state index in [-0.39, 0.29) is 24.3 Å². The number of hydrogen-bond donors (Lipinski definition) is 3. The van der Waals surface area contributed by atoms with Crippen molar-refractivity contribution in [3.05, 3.63) is 28.2 Å². The molecule has 4 amide bonds. The maximum Gasteiger partial charge on any atom is 0.250 e. The Morgan fingerprint density at radius 3 is 2.68 bits per heavy atom. The number of nitrogens with two attached hydrogens (primary N) is 1. The van der Waals surface area contributed by atoms with Crippen LogP contribution in [0.4, 0.5) is 5.69 Å². The number of fused-ring (bicyclic) bond motifs is 4. The second-order valence-corrected chi connectivity index (χ2v) is 8.60. The van der Waals surface area contributed by atoms with Gasteiger partial charge in [0.05, 0.1) is 11.8 Å². The van der Waals surface area contributed by atoms with Crippen LogP contribution in [0.2, 0.25) is 0 Å². The molecule has 0 saturated carbocycles. The first-order chi connectivity index (χ1) is 13.2. The van der Waals surface area contributed by atoms with Crippen molar-refractivity contribution in [3.8, 4) is 0 Å². The number of hydrogen-bond acceptors (Lipinski definition) is 5. The van der Waals surface area contributed by atoms with Gasteiger partial charge in [0.1, 0.15) is 5.54 Å². The van der Waals surface area contributed by atoms with Gasteiger partial charge in [0.15, 0.2) is 0 Å². The lowest BCUT2D eigenvalue weighted by Gasteiger charge is -2.31. The van der Waals surface area contributed by atoms with Crippen LogP contribution in [0.1, 0.15) is 32.3 Å². The zero-order valence-electron chi connectivity index (χ0n) is 15.5. The highest BCUT2D eigenvalue weighted by Crippen LogP contribution is 2.54. The average Bonchev–Trinajstić information content (AvgIpc) is 3.20. The molecule has 0 radical (unpaired) electrons. The first kappa shape index (κ1) is 19.1. The van der Waals surface area contributed by atoms with Gasteiger partial charge in [-0.25, -0.2) is 0 Å². The van der Waals surface area contributed by atoms with Crippen LogP contribution < -0.4 is 16.4 Å². The summed E-state index contributed by atoms with van der Waals surface area (Å²) in [6.45, 7) is 3.70. The van der Waals surface area contributed by atoms with Gasteiger partial charge in [-0.3, -0.25) is 29.4 Å². The molecule has 5 atom stereocenters. The summed E-state index contributed by atoms with van der Waals surface area (Å²) in [4.78, 5) is 52.6. The van der Waals surface area contributed by atoms with Crippen molar-refractivity contribution in [2.45, 2.75) is 44.3 Å². The first-order valence-corrected chi connectivity index (χ1v) is 10.1. The summed E-state index contributed by atoms with van der Waals surface area (Å²) in [7, 11) is 0. The van der Waals surface area contributed by atoms with Crippen LogP contribution in [-0.2, 0) is 24.7 Å². The third kappa shape index (κ3) is 2.39. The Morgan fingerprint density at radius 1 is 1.32 bits per heavy atom. The van der Waals surface area contributed by atoms with Crippen LogP contribution in [-0.4, -0.2) is 40.6 Å². The zero-order valence-corrected chi connectivity index (χ0v) is 17.1. The second kappa shape index (κ2) is 6.38. The van der Waals surface area contributed by atoms with Crippen LogP contribution in [0.25, 0.3) is 0 Å². The number of amides is 4.